The minimum atomic E-state index is -0.552. The summed E-state index contributed by atoms with van der Waals surface area (Å²) in [5.74, 6) is 1.69. The fraction of sp³-hybridized carbons (Fsp3) is 0.308. The number of aromatic nitrogens is 2. The minimum Gasteiger partial charge on any atom is -0.493 e. The third kappa shape index (κ3) is 7.45. The van der Waals surface area contributed by atoms with Crippen molar-refractivity contribution in [3.05, 3.63) is 58.6 Å². The van der Waals surface area contributed by atoms with Gasteiger partial charge in [-0.25, -0.2) is 0 Å². The van der Waals surface area contributed by atoms with Gasteiger partial charge < -0.3 is 18.9 Å². The van der Waals surface area contributed by atoms with Crippen LogP contribution in [0.15, 0.2) is 48.0 Å². The summed E-state index contributed by atoms with van der Waals surface area (Å²) in [4.78, 5) is 12.6. The van der Waals surface area contributed by atoms with Gasteiger partial charge in [-0.15, -0.1) is 10.2 Å². The molecule has 1 amide bonds. The molecule has 0 spiro atoms. The molecule has 10 heteroatoms. The predicted octanol–water partition coefficient (Wildman–Crippen LogP) is 4.90. The molecule has 1 aromatic heterocycles. The Morgan fingerprint density at radius 1 is 1.03 bits per heavy atom. The Hall–Kier alpha value is -4.10. The second-order valence-corrected chi connectivity index (χ2v) is 8.55. The molecule has 0 saturated heterocycles. The molecule has 0 aliphatic heterocycles. The molecule has 0 radical (unpaired) electrons. The summed E-state index contributed by atoms with van der Waals surface area (Å²) in [5, 5.41) is 21.4. The zero-order valence-corrected chi connectivity index (χ0v) is 21.3. The number of unbranched alkanes of at least 4 members (excludes halogenated alkanes) is 1. The van der Waals surface area contributed by atoms with Gasteiger partial charge in [0, 0.05) is 6.42 Å². The van der Waals surface area contributed by atoms with Crippen LogP contribution in [0.2, 0.25) is 0 Å². The van der Waals surface area contributed by atoms with Crippen molar-refractivity contribution in [3.63, 3.8) is 0 Å². The molecule has 0 aliphatic rings. The van der Waals surface area contributed by atoms with Crippen LogP contribution in [0.5, 0.6) is 23.0 Å². The number of hydrogen-bond donors (Lipinski definition) is 1. The number of aryl methyl sites for hydroxylation is 1. The summed E-state index contributed by atoms with van der Waals surface area (Å²) in [6, 6.07) is 14.4. The van der Waals surface area contributed by atoms with E-state index < -0.39 is 5.91 Å². The van der Waals surface area contributed by atoms with Crippen LogP contribution in [0.1, 0.15) is 30.3 Å². The molecule has 188 valence electrons. The number of carbonyl (C=O) groups is 1. The van der Waals surface area contributed by atoms with Crippen molar-refractivity contribution < 1.29 is 23.7 Å². The van der Waals surface area contributed by atoms with Gasteiger partial charge in [-0.2, -0.15) is 5.26 Å². The molecule has 36 heavy (non-hydrogen) atoms. The molecule has 0 unspecified atom stereocenters. The molecular weight excluding hydrogens is 480 g/mol. The van der Waals surface area contributed by atoms with Crippen molar-refractivity contribution >= 4 is 28.5 Å². The first-order valence-electron chi connectivity index (χ1n) is 11.4. The Morgan fingerprint density at radius 3 is 2.39 bits per heavy atom. The highest BCUT2D eigenvalue weighted by Gasteiger charge is 2.14. The maximum Gasteiger partial charge on any atom is 0.268 e. The third-order valence-corrected chi connectivity index (χ3v) is 5.86. The zero-order chi connectivity index (χ0) is 25.8. The summed E-state index contributed by atoms with van der Waals surface area (Å²) >= 11 is 1.31. The first-order valence-corrected chi connectivity index (χ1v) is 12.2. The number of nitrogens with one attached hydrogen (secondary N) is 1. The van der Waals surface area contributed by atoms with Gasteiger partial charge in [0.15, 0.2) is 23.0 Å². The van der Waals surface area contributed by atoms with E-state index in [1.807, 2.05) is 30.3 Å². The van der Waals surface area contributed by atoms with E-state index >= 15 is 0 Å². The zero-order valence-electron chi connectivity index (χ0n) is 20.4. The Kier molecular flexibility index (Phi) is 10.1. The van der Waals surface area contributed by atoms with E-state index in [9.17, 15) is 10.1 Å². The standard InChI is InChI=1S/C26H28N4O5S/c1-4-5-10-24-29-30-26(36-24)28-25(31)19(17-27)15-18-11-12-22(23(16-18)33-3)35-14-13-34-21-9-7-6-8-20(21)32-2/h6-9,11-12,15-16H,4-5,10,13-14H2,1-3H3,(H,28,30,31). The number of nitrogens with zero attached hydrogens (tertiary/aromatic N) is 3. The van der Waals surface area contributed by atoms with E-state index in [0.29, 0.717) is 40.3 Å². The number of methoxy groups -OCH3 is 2. The molecular formula is C26H28N4O5S. The smallest absolute Gasteiger partial charge is 0.268 e. The molecule has 3 aromatic rings. The molecule has 3 rings (SSSR count). The first-order chi connectivity index (χ1) is 17.6. The maximum absolute atomic E-state index is 12.6. The first kappa shape index (κ1) is 26.5. The van der Waals surface area contributed by atoms with E-state index in [2.05, 4.69) is 22.4 Å². The number of anilines is 1. The van der Waals surface area contributed by atoms with Crippen LogP contribution in [0, 0.1) is 11.3 Å². The number of benzene rings is 2. The predicted molar refractivity (Wildman–Crippen MR) is 138 cm³/mol. The lowest BCUT2D eigenvalue weighted by Gasteiger charge is -2.13. The van der Waals surface area contributed by atoms with E-state index in [1.54, 1.807) is 25.3 Å². The van der Waals surface area contributed by atoms with E-state index in [4.69, 9.17) is 18.9 Å². The van der Waals surface area contributed by atoms with Gasteiger partial charge in [0.1, 0.15) is 29.9 Å². The summed E-state index contributed by atoms with van der Waals surface area (Å²) in [5.41, 5.74) is 0.540. The average Bonchev–Trinajstić information content (AvgIpc) is 3.35. The third-order valence-electron chi connectivity index (χ3n) is 4.96. The van der Waals surface area contributed by atoms with E-state index in [-0.39, 0.29) is 12.2 Å². The lowest BCUT2D eigenvalue weighted by atomic mass is 10.1. The lowest BCUT2D eigenvalue weighted by molar-refractivity contribution is -0.112. The van der Waals surface area contributed by atoms with Gasteiger partial charge in [-0.1, -0.05) is 42.9 Å². The van der Waals surface area contributed by atoms with Crippen LogP contribution in [0.25, 0.3) is 6.08 Å². The molecule has 0 aliphatic carbocycles. The van der Waals surface area contributed by atoms with Crippen molar-refractivity contribution in [1.82, 2.24) is 10.2 Å². The molecule has 0 saturated carbocycles. The molecule has 0 atom stereocenters. The minimum absolute atomic E-state index is 0.0683. The van der Waals surface area contributed by atoms with Crippen molar-refractivity contribution in [3.8, 4) is 29.1 Å². The van der Waals surface area contributed by atoms with Crippen LogP contribution in [-0.4, -0.2) is 43.5 Å². The maximum atomic E-state index is 12.6. The normalized spacial score (nSPS) is 10.9. The van der Waals surface area contributed by atoms with E-state index in [1.165, 1.54) is 24.5 Å². The van der Waals surface area contributed by atoms with Crippen molar-refractivity contribution in [2.45, 2.75) is 26.2 Å². The number of hydrogen-bond acceptors (Lipinski definition) is 9. The van der Waals surface area contributed by atoms with Gasteiger partial charge in [-0.05, 0) is 42.3 Å². The molecule has 2 aromatic carbocycles. The van der Waals surface area contributed by atoms with Gasteiger partial charge in [0.05, 0.1) is 14.2 Å². The Balaban J connectivity index is 1.61. The Bertz CT molecular complexity index is 1240. The van der Waals surface area contributed by atoms with Crippen molar-refractivity contribution in [2.75, 3.05) is 32.8 Å². The number of amides is 1. The van der Waals surface area contributed by atoms with Crippen LogP contribution in [-0.2, 0) is 11.2 Å². The number of para-hydroxylation sites is 2. The second-order valence-electron chi connectivity index (χ2n) is 7.49. The topological polar surface area (TPSA) is 116 Å². The van der Waals surface area contributed by atoms with E-state index in [0.717, 1.165) is 24.3 Å². The SMILES string of the molecule is CCCCc1nnc(NC(=O)C(C#N)=Cc2ccc(OCCOc3ccccc3OC)c(OC)c2)s1. The fourth-order valence-corrected chi connectivity index (χ4v) is 3.92. The molecule has 1 heterocycles. The fourth-order valence-electron chi connectivity index (χ4n) is 3.15. The summed E-state index contributed by atoms with van der Waals surface area (Å²) in [6.07, 6.45) is 4.34. The lowest BCUT2D eigenvalue weighted by Crippen LogP contribution is -2.13. The average molecular weight is 509 g/mol. The molecule has 0 fully saturated rings. The summed E-state index contributed by atoms with van der Waals surface area (Å²) < 4.78 is 22.2. The number of rotatable bonds is 13. The monoisotopic (exact) mass is 508 g/mol. The van der Waals surface area contributed by atoms with Gasteiger partial charge in [-0.3, -0.25) is 10.1 Å². The summed E-state index contributed by atoms with van der Waals surface area (Å²) in [7, 11) is 3.10. The van der Waals surface area contributed by atoms with Crippen LogP contribution in [0.4, 0.5) is 5.13 Å². The van der Waals surface area contributed by atoms with Crippen LogP contribution >= 0.6 is 11.3 Å². The molecule has 9 nitrogen and oxygen atoms in total. The largest absolute Gasteiger partial charge is 0.493 e. The Labute approximate surface area is 214 Å². The Morgan fingerprint density at radius 2 is 1.72 bits per heavy atom. The quantitative estimate of drug-likeness (QED) is 0.197. The van der Waals surface area contributed by atoms with Gasteiger partial charge in [0.25, 0.3) is 5.91 Å². The summed E-state index contributed by atoms with van der Waals surface area (Å²) in [6.45, 7) is 2.67. The molecule has 0 bridgehead atoms. The molecule has 1 N–H and O–H groups in total. The highest BCUT2D eigenvalue weighted by molar-refractivity contribution is 7.15. The van der Waals surface area contributed by atoms with Crippen LogP contribution in [0.3, 0.4) is 0 Å². The number of carbonyl (C=O) groups excluding carboxylic acids is 1. The van der Waals surface area contributed by atoms with Gasteiger partial charge in [0.2, 0.25) is 5.13 Å². The van der Waals surface area contributed by atoms with Crippen molar-refractivity contribution in [1.29, 1.82) is 5.26 Å². The number of nitriles is 1. The second kappa shape index (κ2) is 13.7. The van der Waals surface area contributed by atoms with Crippen molar-refractivity contribution in [2.24, 2.45) is 0 Å². The highest BCUT2D eigenvalue weighted by atomic mass is 32.1. The van der Waals surface area contributed by atoms with Gasteiger partial charge >= 0.3 is 0 Å². The van der Waals surface area contributed by atoms with Crippen LogP contribution < -0.4 is 24.3 Å². The number of ether oxygens (including phenoxy) is 4. The highest BCUT2D eigenvalue weighted by Crippen LogP contribution is 2.30.